The Morgan fingerprint density at radius 1 is 0.236 bits per heavy atom. The Morgan fingerprint density at radius 2 is 0.491 bits per heavy atom. The van der Waals surface area contributed by atoms with E-state index in [0.29, 0.717) is 0 Å². The van der Waals surface area contributed by atoms with Crippen molar-refractivity contribution in [3.05, 3.63) is 229 Å². The summed E-state index contributed by atoms with van der Waals surface area (Å²) in [5.74, 6) is 0. The van der Waals surface area contributed by atoms with Crippen molar-refractivity contribution in [1.82, 2.24) is 5.32 Å². The van der Waals surface area contributed by atoms with E-state index in [2.05, 4.69) is 222 Å². The number of benzene rings is 8. The maximum Gasteiger partial charge on any atom is 0.0400 e. The van der Waals surface area contributed by atoms with Gasteiger partial charge >= 0.3 is 0 Å². The van der Waals surface area contributed by atoms with E-state index in [1.54, 1.807) is 0 Å². The Labute approximate surface area is 325 Å². The lowest BCUT2D eigenvalue weighted by Gasteiger charge is -2.13. The first-order valence-electron chi connectivity index (χ1n) is 19.1. The van der Waals surface area contributed by atoms with Crippen LogP contribution in [0.2, 0.25) is 0 Å². The SMILES string of the molecule is c1ccc(-c2cc(NCc3ccc(CNCc4ccc(CNc5cc(-c6ccccc6)cc(-c6ccccc6)c5)cc4)cc3)cc(-c3ccccc3)c2)cc1. The van der Waals surface area contributed by atoms with Crippen LogP contribution in [-0.2, 0) is 26.2 Å². The molecule has 0 aliphatic heterocycles. The molecule has 0 aromatic heterocycles. The molecule has 0 amide bonds. The first-order chi connectivity index (χ1) is 27.2. The second-order valence-corrected chi connectivity index (χ2v) is 14.0. The van der Waals surface area contributed by atoms with Crippen LogP contribution in [0.4, 0.5) is 11.4 Å². The fourth-order valence-electron chi connectivity index (χ4n) is 6.96. The highest BCUT2D eigenvalue weighted by molar-refractivity contribution is 5.79. The number of anilines is 2. The van der Waals surface area contributed by atoms with E-state index < -0.39 is 0 Å². The van der Waals surface area contributed by atoms with Gasteiger partial charge in [0.05, 0.1) is 0 Å². The highest BCUT2D eigenvalue weighted by atomic mass is 14.9. The third kappa shape index (κ3) is 9.47. The molecule has 268 valence electrons. The zero-order valence-corrected chi connectivity index (χ0v) is 31.0. The largest absolute Gasteiger partial charge is 0.381 e. The molecule has 55 heavy (non-hydrogen) atoms. The number of hydrogen-bond acceptors (Lipinski definition) is 3. The first-order valence-corrected chi connectivity index (χ1v) is 19.1. The molecule has 8 rings (SSSR count). The van der Waals surface area contributed by atoms with Crippen molar-refractivity contribution < 1.29 is 0 Å². The van der Waals surface area contributed by atoms with E-state index in [1.165, 1.54) is 66.8 Å². The summed E-state index contributed by atoms with van der Waals surface area (Å²) < 4.78 is 0. The Morgan fingerprint density at radius 3 is 0.764 bits per heavy atom. The van der Waals surface area contributed by atoms with Crippen molar-refractivity contribution in [3.8, 4) is 44.5 Å². The van der Waals surface area contributed by atoms with Crippen molar-refractivity contribution in [2.24, 2.45) is 0 Å². The lowest BCUT2D eigenvalue weighted by molar-refractivity contribution is 0.693. The summed E-state index contributed by atoms with van der Waals surface area (Å²) in [6, 6.07) is 73.7. The number of hydrogen-bond donors (Lipinski definition) is 3. The van der Waals surface area contributed by atoms with Crippen LogP contribution in [0.15, 0.2) is 206 Å². The second-order valence-electron chi connectivity index (χ2n) is 14.0. The molecule has 0 atom stereocenters. The molecule has 0 saturated heterocycles. The van der Waals surface area contributed by atoms with Crippen molar-refractivity contribution in [1.29, 1.82) is 0 Å². The molecule has 0 unspecified atom stereocenters. The van der Waals surface area contributed by atoms with Gasteiger partial charge in [0.1, 0.15) is 0 Å². The van der Waals surface area contributed by atoms with Crippen molar-refractivity contribution >= 4 is 11.4 Å². The maximum atomic E-state index is 3.69. The molecular formula is C52H45N3. The van der Waals surface area contributed by atoms with E-state index in [-0.39, 0.29) is 0 Å². The van der Waals surface area contributed by atoms with E-state index in [4.69, 9.17) is 0 Å². The van der Waals surface area contributed by atoms with E-state index in [9.17, 15) is 0 Å². The van der Waals surface area contributed by atoms with E-state index in [1.807, 2.05) is 0 Å². The van der Waals surface area contributed by atoms with Crippen LogP contribution in [0.25, 0.3) is 44.5 Å². The number of rotatable bonds is 14. The summed E-state index contributed by atoms with van der Waals surface area (Å²) in [6.07, 6.45) is 0. The molecule has 0 aliphatic rings. The summed E-state index contributed by atoms with van der Waals surface area (Å²) >= 11 is 0. The van der Waals surface area contributed by atoms with Crippen molar-refractivity contribution in [3.63, 3.8) is 0 Å². The molecule has 0 fully saturated rings. The van der Waals surface area contributed by atoms with Crippen LogP contribution >= 0.6 is 0 Å². The van der Waals surface area contributed by atoms with E-state index in [0.717, 1.165) is 37.6 Å². The van der Waals surface area contributed by atoms with Crippen molar-refractivity contribution in [2.75, 3.05) is 10.6 Å². The monoisotopic (exact) mass is 711 g/mol. The van der Waals surface area contributed by atoms with Gasteiger partial charge in [0.15, 0.2) is 0 Å². The quantitative estimate of drug-likeness (QED) is 0.105. The Kier molecular flexibility index (Phi) is 11.2. The summed E-state index contributed by atoms with van der Waals surface area (Å²) in [6.45, 7) is 3.15. The molecule has 0 bridgehead atoms. The van der Waals surface area contributed by atoms with Gasteiger partial charge in [0.25, 0.3) is 0 Å². The summed E-state index contributed by atoms with van der Waals surface area (Å²) in [7, 11) is 0. The fourth-order valence-corrected chi connectivity index (χ4v) is 6.96. The van der Waals surface area contributed by atoms with Gasteiger partial charge in [0.2, 0.25) is 0 Å². The Balaban J connectivity index is 0.843. The minimum atomic E-state index is 0.758. The highest BCUT2D eigenvalue weighted by Crippen LogP contribution is 2.32. The summed E-state index contributed by atoms with van der Waals surface area (Å²) in [5, 5.41) is 11.0. The molecule has 3 heteroatoms. The zero-order valence-electron chi connectivity index (χ0n) is 31.0. The van der Waals surface area contributed by atoms with Gasteiger partial charge in [-0.2, -0.15) is 0 Å². The van der Waals surface area contributed by atoms with Gasteiger partial charge in [-0.15, -0.1) is 0 Å². The summed E-state index contributed by atoms with van der Waals surface area (Å²) in [4.78, 5) is 0. The Hall–Kier alpha value is -6.68. The van der Waals surface area contributed by atoms with Gasteiger partial charge in [-0.05, 0) is 103 Å². The molecule has 0 saturated carbocycles. The van der Waals surface area contributed by atoms with E-state index >= 15 is 0 Å². The average molecular weight is 712 g/mol. The molecule has 8 aromatic rings. The smallest absolute Gasteiger partial charge is 0.0400 e. The molecule has 0 spiro atoms. The maximum absolute atomic E-state index is 3.69. The predicted octanol–water partition coefficient (Wildman–Crippen LogP) is 12.9. The van der Waals surface area contributed by atoms with Gasteiger partial charge < -0.3 is 16.0 Å². The molecule has 0 heterocycles. The topological polar surface area (TPSA) is 36.1 Å². The zero-order chi connectivity index (χ0) is 37.1. The normalized spacial score (nSPS) is 10.9. The summed E-state index contributed by atoms with van der Waals surface area (Å²) in [5.41, 5.74) is 17.0. The second kappa shape index (κ2) is 17.4. The van der Waals surface area contributed by atoms with Gasteiger partial charge in [-0.1, -0.05) is 170 Å². The van der Waals surface area contributed by atoms with Crippen LogP contribution in [-0.4, -0.2) is 0 Å². The third-order valence-electron chi connectivity index (χ3n) is 9.99. The standard InChI is InChI=1S/C52H45N3/c1-5-13-43(14-6-1)47-29-48(44-15-7-2-8-16-44)32-51(31-47)54-37-41-25-21-39(22-26-41)35-53-36-40-23-27-42(28-24-40)38-55-52-33-49(45-17-9-3-10-18-45)30-50(34-52)46-19-11-4-12-20-46/h1-34,53-55H,35-38H2. The van der Waals surface area contributed by atoms with Crippen LogP contribution < -0.4 is 16.0 Å². The lowest BCUT2D eigenvalue weighted by Crippen LogP contribution is -2.12. The third-order valence-corrected chi connectivity index (χ3v) is 9.99. The molecule has 8 aromatic carbocycles. The van der Waals surface area contributed by atoms with Gasteiger partial charge in [0, 0.05) is 37.6 Å². The fraction of sp³-hybridized carbons (Fsp3) is 0.0769. The Bertz CT molecular complexity index is 2120. The molecule has 0 radical (unpaired) electrons. The van der Waals surface area contributed by atoms with Crippen LogP contribution in [0, 0.1) is 0 Å². The van der Waals surface area contributed by atoms with Gasteiger partial charge in [-0.25, -0.2) is 0 Å². The first kappa shape index (κ1) is 35.4. The lowest BCUT2D eigenvalue weighted by atomic mass is 9.98. The van der Waals surface area contributed by atoms with Gasteiger partial charge in [-0.3, -0.25) is 0 Å². The highest BCUT2D eigenvalue weighted by Gasteiger charge is 2.08. The molecule has 3 nitrogen and oxygen atoms in total. The molecule has 0 aliphatic carbocycles. The van der Waals surface area contributed by atoms with Crippen molar-refractivity contribution in [2.45, 2.75) is 26.2 Å². The molecule has 3 N–H and O–H groups in total. The van der Waals surface area contributed by atoms with Crippen LogP contribution in [0.3, 0.4) is 0 Å². The minimum absolute atomic E-state index is 0.758. The minimum Gasteiger partial charge on any atom is -0.381 e. The molecular weight excluding hydrogens is 667 g/mol. The van der Waals surface area contributed by atoms with Crippen LogP contribution in [0.1, 0.15) is 22.3 Å². The average Bonchev–Trinajstić information content (AvgIpc) is 3.27. The predicted molar refractivity (Wildman–Crippen MR) is 233 cm³/mol. The number of nitrogens with one attached hydrogen (secondary N) is 3. The van der Waals surface area contributed by atoms with Crippen LogP contribution in [0.5, 0.6) is 0 Å².